The molecule has 3 N–H and O–H groups in total. The summed E-state index contributed by atoms with van der Waals surface area (Å²) >= 11 is 2.53. The molecule has 0 radical (unpaired) electrons. The fraction of sp³-hybridized carbons (Fsp3) is 0.421. The first-order valence-electron chi connectivity index (χ1n) is 9.77. The van der Waals surface area contributed by atoms with E-state index in [1.807, 2.05) is 0 Å². The fourth-order valence-electron chi connectivity index (χ4n) is 3.47. The van der Waals surface area contributed by atoms with E-state index in [0.717, 1.165) is 58.2 Å². The summed E-state index contributed by atoms with van der Waals surface area (Å²) in [6.07, 6.45) is 2.93. The van der Waals surface area contributed by atoms with Gasteiger partial charge in [0.2, 0.25) is 0 Å². The molecule has 0 aliphatic carbocycles. The average Bonchev–Trinajstić information content (AvgIpc) is 3.25. The molecular weight excluding hydrogens is 563 g/mol. The summed E-state index contributed by atoms with van der Waals surface area (Å²) < 4.78 is 0. The van der Waals surface area contributed by atoms with Gasteiger partial charge >= 0.3 is 188 Å². The standard InChI is InChI=1S/C19H23N7Se3/c1-3-15(26-6-9-27-10-7-26)4-2-13(1)23-19-24-17-16(20-12-21-17)18(25-19)22-14-5-8-28-29-11-14/h1-4,12,14H,5-11H2,(H3,20,21,22,23,24,25)/t14-/m0/s1. The van der Waals surface area contributed by atoms with E-state index in [1.54, 1.807) is 6.33 Å². The molecule has 0 spiro atoms. The van der Waals surface area contributed by atoms with Gasteiger partial charge in [0.15, 0.2) is 0 Å². The van der Waals surface area contributed by atoms with Crippen molar-refractivity contribution in [3.05, 3.63) is 30.6 Å². The number of nitrogens with one attached hydrogen (secondary N) is 3. The van der Waals surface area contributed by atoms with Gasteiger partial charge in [-0.2, -0.15) is 0 Å². The molecule has 152 valence electrons. The van der Waals surface area contributed by atoms with Crippen LogP contribution < -0.4 is 15.5 Å². The molecule has 2 fully saturated rings. The molecule has 5 rings (SSSR count). The van der Waals surface area contributed by atoms with Gasteiger partial charge in [0.25, 0.3) is 0 Å². The zero-order valence-electron chi connectivity index (χ0n) is 15.9. The second-order valence-corrected chi connectivity index (χ2v) is 17.3. The second-order valence-electron chi connectivity index (χ2n) is 7.00. The molecule has 1 aromatic carbocycles. The quantitative estimate of drug-likeness (QED) is 0.400. The Kier molecular flexibility index (Phi) is 6.28. The minimum atomic E-state index is 0.519. The van der Waals surface area contributed by atoms with Gasteiger partial charge in [-0.1, -0.05) is 0 Å². The molecule has 29 heavy (non-hydrogen) atoms. The number of aromatic nitrogens is 4. The first-order valence-corrected chi connectivity index (χ1v) is 18.9. The summed E-state index contributed by atoms with van der Waals surface area (Å²) in [5, 5.41) is 12.4. The van der Waals surface area contributed by atoms with Crippen LogP contribution in [-0.4, -0.2) is 80.3 Å². The van der Waals surface area contributed by atoms with E-state index in [0.29, 0.717) is 17.6 Å². The molecule has 2 saturated heterocycles. The molecule has 0 amide bonds. The number of aromatic amines is 1. The van der Waals surface area contributed by atoms with Crippen LogP contribution in [0.3, 0.4) is 0 Å². The molecule has 3 aromatic rings. The number of hydrogen-bond acceptors (Lipinski definition) is 6. The summed E-state index contributed by atoms with van der Waals surface area (Å²) in [6.45, 7) is 2.37. The van der Waals surface area contributed by atoms with E-state index in [9.17, 15) is 0 Å². The summed E-state index contributed by atoms with van der Waals surface area (Å²) in [6, 6.07) is 9.14. The third-order valence-corrected chi connectivity index (χ3v) is 14.4. The van der Waals surface area contributed by atoms with E-state index in [2.05, 4.69) is 54.8 Å². The predicted octanol–water partition coefficient (Wildman–Crippen LogP) is 2.80. The topological polar surface area (TPSA) is 81.8 Å². The fourth-order valence-corrected chi connectivity index (χ4v) is 12.7. The molecule has 7 nitrogen and oxygen atoms in total. The number of anilines is 4. The van der Waals surface area contributed by atoms with E-state index >= 15 is 0 Å². The second kappa shape index (κ2) is 9.25. The molecule has 0 unspecified atom stereocenters. The summed E-state index contributed by atoms with van der Waals surface area (Å²) in [5.74, 6) is 1.45. The van der Waals surface area contributed by atoms with Crippen LogP contribution in [0.5, 0.6) is 0 Å². The first kappa shape index (κ1) is 19.7. The van der Waals surface area contributed by atoms with Gasteiger partial charge in [-0.15, -0.1) is 0 Å². The minimum absolute atomic E-state index is 0.519. The van der Waals surface area contributed by atoms with Gasteiger partial charge in [-0.25, -0.2) is 0 Å². The number of benzene rings is 1. The molecule has 2 aliphatic heterocycles. The third-order valence-electron chi connectivity index (χ3n) is 5.03. The van der Waals surface area contributed by atoms with Gasteiger partial charge in [0.05, 0.1) is 0 Å². The van der Waals surface area contributed by atoms with Crippen molar-refractivity contribution in [2.24, 2.45) is 0 Å². The van der Waals surface area contributed by atoms with Crippen molar-refractivity contribution in [2.45, 2.75) is 33.7 Å². The normalized spacial score (nSPS) is 20.0. The molecule has 1 atom stereocenters. The molecule has 10 heteroatoms. The number of fused-ring (bicyclic) bond motifs is 1. The Bertz CT molecular complexity index is 950. The number of H-pyrrole nitrogens is 1. The number of nitrogens with zero attached hydrogens (tertiary/aromatic N) is 4. The van der Waals surface area contributed by atoms with Crippen molar-refractivity contribution in [3.63, 3.8) is 0 Å². The number of imidazole rings is 1. The van der Waals surface area contributed by atoms with E-state index < -0.39 is 0 Å². The Hall–Kier alpha value is -1.27. The first-order chi connectivity index (χ1) is 14.3. The summed E-state index contributed by atoms with van der Waals surface area (Å²) in [4.78, 5) is 19.4. The van der Waals surface area contributed by atoms with Crippen molar-refractivity contribution >= 4 is 75.5 Å². The van der Waals surface area contributed by atoms with Crippen LogP contribution in [0.4, 0.5) is 23.1 Å². The number of hydrogen-bond donors (Lipinski definition) is 3. The molecule has 2 aliphatic rings. The van der Waals surface area contributed by atoms with Crippen LogP contribution in [0.1, 0.15) is 6.42 Å². The monoisotopic (exact) mass is 589 g/mol. The Morgan fingerprint density at radius 2 is 1.90 bits per heavy atom. The molecule has 4 heterocycles. The Morgan fingerprint density at radius 3 is 2.69 bits per heavy atom. The molecule has 0 saturated carbocycles. The van der Waals surface area contributed by atoms with Crippen LogP contribution in [-0.2, 0) is 0 Å². The van der Waals surface area contributed by atoms with Crippen molar-refractivity contribution < 1.29 is 0 Å². The molecule has 0 bridgehead atoms. The average molecular weight is 586 g/mol. The van der Waals surface area contributed by atoms with Gasteiger partial charge in [0, 0.05) is 0 Å². The summed E-state index contributed by atoms with van der Waals surface area (Å²) in [7, 11) is 0. The van der Waals surface area contributed by atoms with Crippen LogP contribution >= 0.6 is 0 Å². The maximum absolute atomic E-state index is 4.77. The van der Waals surface area contributed by atoms with Crippen LogP contribution in [0.15, 0.2) is 30.6 Å². The zero-order valence-corrected chi connectivity index (χ0v) is 21.1. The van der Waals surface area contributed by atoms with Gasteiger partial charge in [-0.3, -0.25) is 0 Å². The van der Waals surface area contributed by atoms with Crippen LogP contribution in [0.25, 0.3) is 11.2 Å². The zero-order chi connectivity index (χ0) is 19.5. The van der Waals surface area contributed by atoms with Gasteiger partial charge < -0.3 is 0 Å². The maximum atomic E-state index is 4.77. The van der Waals surface area contributed by atoms with Crippen molar-refractivity contribution in [1.82, 2.24) is 19.9 Å². The van der Waals surface area contributed by atoms with Gasteiger partial charge in [-0.05, 0) is 0 Å². The van der Waals surface area contributed by atoms with Crippen molar-refractivity contribution in [1.29, 1.82) is 0 Å². The Morgan fingerprint density at radius 1 is 1.03 bits per heavy atom. The van der Waals surface area contributed by atoms with Crippen molar-refractivity contribution in [3.8, 4) is 0 Å². The number of rotatable bonds is 5. The Balaban J connectivity index is 1.34. The predicted molar refractivity (Wildman–Crippen MR) is 122 cm³/mol. The van der Waals surface area contributed by atoms with Crippen LogP contribution in [0.2, 0.25) is 21.3 Å². The third kappa shape index (κ3) is 4.74. The van der Waals surface area contributed by atoms with E-state index in [1.165, 1.54) is 46.5 Å². The van der Waals surface area contributed by atoms with Gasteiger partial charge in [0.1, 0.15) is 0 Å². The molecular formula is C19H23N7Se3. The van der Waals surface area contributed by atoms with Crippen molar-refractivity contribution in [2.75, 3.05) is 28.6 Å². The van der Waals surface area contributed by atoms with Crippen LogP contribution in [0, 0.1) is 0 Å². The Labute approximate surface area is 187 Å². The van der Waals surface area contributed by atoms with E-state index in [4.69, 9.17) is 4.98 Å². The van der Waals surface area contributed by atoms with E-state index in [-0.39, 0.29) is 0 Å². The SMILES string of the molecule is c1nc2nc(Nc3ccc(N4CC[Se]CC4)cc3)nc(N[C@H]3CC[Se][Se]C3)c2[nH]1. The molecule has 2 aromatic heterocycles. The summed E-state index contributed by atoms with van der Waals surface area (Å²) in [5.41, 5.74) is 3.89.